The highest BCUT2D eigenvalue weighted by atomic mass is 35.5. The molecule has 8 nitrogen and oxygen atoms in total. The molecule has 1 saturated carbocycles. The number of thioether (sulfide) groups is 1. The van der Waals surface area contributed by atoms with Crippen molar-refractivity contribution in [2.24, 2.45) is 0 Å². The Labute approximate surface area is 286 Å². The molecule has 3 aromatic carbocycles. The van der Waals surface area contributed by atoms with Crippen LogP contribution >= 0.6 is 35.0 Å². The van der Waals surface area contributed by atoms with E-state index in [4.69, 9.17) is 27.9 Å². The summed E-state index contributed by atoms with van der Waals surface area (Å²) < 4.78 is 35.5. The molecular weight excluding hydrogens is 665 g/mol. The van der Waals surface area contributed by atoms with Crippen molar-refractivity contribution in [3.8, 4) is 5.75 Å². The number of anilines is 1. The number of amides is 2. The molecule has 0 radical (unpaired) electrons. The summed E-state index contributed by atoms with van der Waals surface area (Å²) in [5.41, 5.74) is 0.879. The lowest BCUT2D eigenvalue weighted by atomic mass is 9.95. The predicted molar refractivity (Wildman–Crippen MR) is 186 cm³/mol. The molecule has 46 heavy (non-hydrogen) atoms. The molecule has 0 unspecified atom stereocenters. The molecule has 1 N–H and O–H groups in total. The van der Waals surface area contributed by atoms with Gasteiger partial charge in [0.2, 0.25) is 11.8 Å². The second kappa shape index (κ2) is 16.8. The third-order valence-electron chi connectivity index (χ3n) is 8.03. The summed E-state index contributed by atoms with van der Waals surface area (Å²) in [7, 11) is -4.25. The van der Waals surface area contributed by atoms with Crippen LogP contribution in [0.2, 0.25) is 10.0 Å². The maximum atomic E-state index is 14.5. The van der Waals surface area contributed by atoms with Gasteiger partial charge in [0.05, 0.1) is 27.2 Å². The summed E-state index contributed by atoms with van der Waals surface area (Å²) in [5.74, 6) is -0.493. The van der Waals surface area contributed by atoms with Crippen molar-refractivity contribution >= 4 is 62.5 Å². The molecule has 1 fully saturated rings. The van der Waals surface area contributed by atoms with Gasteiger partial charge >= 0.3 is 0 Å². The van der Waals surface area contributed by atoms with E-state index in [-0.39, 0.29) is 29.1 Å². The first-order valence-electron chi connectivity index (χ1n) is 15.5. The van der Waals surface area contributed by atoms with Crippen molar-refractivity contribution < 1.29 is 22.7 Å². The number of hydrogen-bond acceptors (Lipinski definition) is 6. The SMILES string of the molecule is CCOc1ccccc1N(CC(=O)N(Cc1ccc(Cl)c(Cl)c1)[C@@H](CC)C(=O)NC1CCCCC1)S(=O)(=O)c1ccc(SC)cc1. The summed E-state index contributed by atoms with van der Waals surface area (Å²) in [4.78, 5) is 30.6. The predicted octanol–water partition coefficient (Wildman–Crippen LogP) is 7.57. The van der Waals surface area contributed by atoms with E-state index in [0.29, 0.717) is 34.4 Å². The van der Waals surface area contributed by atoms with Crippen LogP contribution in [0.1, 0.15) is 57.9 Å². The zero-order valence-electron chi connectivity index (χ0n) is 26.4. The van der Waals surface area contributed by atoms with E-state index < -0.39 is 28.5 Å². The fourth-order valence-electron chi connectivity index (χ4n) is 5.63. The number of hydrogen-bond donors (Lipinski definition) is 1. The molecule has 1 aliphatic carbocycles. The summed E-state index contributed by atoms with van der Waals surface area (Å²) in [5, 5.41) is 3.83. The molecule has 4 rings (SSSR count). The number of nitrogens with one attached hydrogen (secondary N) is 1. The molecule has 0 aromatic heterocycles. The van der Waals surface area contributed by atoms with E-state index in [1.807, 2.05) is 13.2 Å². The van der Waals surface area contributed by atoms with Gasteiger partial charge in [0.15, 0.2) is 0 Å². The maximum Gasteiger partial charge on any atom is 0.264 e. The van der Waals surface area contributed by atoms with Crippen LogP contribution in [0.3, 0.4) is 0 Å². The standard InChI is InChI=1S/C34H41Cl2N3O5S2/c1-4-30(34(41)37-25-11-7-6-8-12-25)38(22-24-15-20-28(35)29(36)21-24)33(40)23-39(31-13-9-10-14-32(31)44-5-2)46(42,43)27-18-16-26(45-3)17-19-27/h9-10,13-21,25,30H,4-8,11-12,22-23H2,1-3H3,(H,37,41)/t30-/m0/s1. The van der Waals surface area contributed by atoms with Crippen molar-refractivity contribution in [1.29, 1.82) is 0 Å². The first-order valence-corrected chi connectivity index (χ1v) is 18.9. The van der Waals surface area contributed by atoms with Crippen LogP contribution in [0.4, 0.5) is 5.69 Å². The van der Waals surface area contributed by atoms with Gasteiger partial charge in [0, 0.05) is 17.5 Å². The second-order valence-corrected chi connectivity index (χ2v) is 14.7. The highest BCUT2D eigenvalue weighted by Crippen LogP contribution is 2.34. The highest BCUT2D eigenvalue weighted by molar-refractivity contribution is 7.98. The molecule has 0 heterocycles. The smallest absolute Gasteiger partial charge is 0.264 e. The molecule has 0 saturated heterocycles. The number of sulfonamides is 1. The number of benzene rings is 3. The normalized spacial score (nSPS) is 14.4. The summed E-state index contributed by atoms with van der Waals surface area (Å²) >= 11 is 14.0. The van der Waals surface area contributed by atoms with Crippen LogP contribution < -0.4 is 14.4 Å². The van der Waals surface area contributed by atoms with E-state index in [1.165, 1.54) is 28.8 Å². The van der Waals surface area contributed by atoms with E-state index in [1.54, 1.807) is 61.5 Å². The second-order valence-electron chi connectivity index (χ2n) is 11.1. The van der Waals surface area contributed by atoms with Crippen LogP contribution in [0.15, 0.2) is 76.5 Å². The summed E-state index contributed by atoms with van der Waals surface area (Å²) in [6.45, 7) is 3.40. The summed E-state index contributed by atoms with van der Waals surface area (Å²) in [6, 6.07) is 17.5. The first kappa shape index (κ1) is 35.9. The van der Waals surface area contributed by atoms with Gasteiger partial charge in [-0.25, -0.2) is 8.42 Å². The van der Waals surface area contributed by atoms with E-state index in [2.05, 4.69) is 5.32 Å². The van der Waals surface area contributed by atoms with Gasteiger partial charge in [-0.2, -0.15) is 0 Å². The van der Waals surface area contributed by atoms with Crippen molar-refractivity contribution in [3.05, 3.63) is 82.3 Å². The van der Waals surface area contributed by atoms with Crippen molar-refractivity contribution in [2.45, 2.75) is 80.8 Å². The lowest BCUT2D eigenvalue weighted by Gasteiger charge is -2.34. The molecular formula is C34H41Cl2N3O5S2. The lowest BCUT2D eigenvalue weighted by molar-refractivity contribution is -0.140. The van der Waals surface area contributed by atoms with Crippen LogP contribution in [0.5, 0.6) is 5.75 Å². The minimum atomic E-state index is -4.25. The van der Waals surface area contributed by atoms with Gasteiger partial charge in [-0.1, -0.05) is 67.6 Å². The molecule has 0 bridgehead atoms. The average molecular weight is 707 g/mol. The van der Waals surface area contributed by atoms with Crippen LogP contribution in [-0.2, 0) is 26.2 Å². The number of halogens is 2. The minimum Gasteiger partial charge on any atom is -0.492 e. The van der Waals surface area contributed by atoms with Crippen molar-refractivity contribution in [1.82, 2.24) is 10.2 Å². The molecule has 2 amide bonds. The Morgan fingerprint density at radius 3 is 2.30 bits per heavy atom. The summed E-state index contributed by atoms with van der Waals surface area (Å²) in [6.07, 6.45) is 7.22. The lowest BCUT2D eigenvalue weighted by Crippen LogP contribution is -2.54. The fourth-order valence-corrected chi connectivity index (χ4v) is 7.78. The molecule has 248 valence electrons. The minimum absolute atomic E-state index is 0.0235. The number of rotatable bonds is 14. The third-order valence-corrected chi connectivity index (χ3v) is 11.3. The highest BCUT2D eigenvalue weighted by Gasteiger charge is 2.35. The number of para-hydroxylation sites is 2. The van der Waals surface area contributed by atoms with Gasteiger partial charge in [0.1, 0.15) is 18.3 Å². The largest absolute Gasteiger partial charge is 0.492 e. The fraction of sp³-hybridized carbons (Fsp3) is 0.412. The van der Waals surface area contributed by atoms with E-state index in [9.17, 15) is 18.0 Å². The van der Waals surface area contributed by atoms with Crippen LogP contribution in [0.25, 0.3) is 0 Å². The first-order chi connectivity index (χ1) is 22.1. The number of carbonyl (C=O) groups excluding carboxylic acids is 2. The topological polar surface area (TPSA) is 96.0 Å². The monoisotopic (exact) mass is 705 g/mol. The number of nitrogens with zero attached hydrogens (tertiary/aromatic N) is 2. The third kappa shape index (κ3) is 8.91. The van der Waals surface area contributed by atoms with E-state index in [0.717, 1.165) is 41.3 Å². The Bertz CT molecular complexity index is 1600. The van der Waals surface area contributed by atoms with Gasteiger partial charge in [0.25, 0.3) is 10.0 Å². The van der Waals surface area contributed by atoms with Gasteiger partial charge in [-0.05, 0) is 86.5 Å². The molecule has 1 aliphatic rings. The van der Waals surface area contributed by atoms with Crippen LogP contribution in [0, 0.1) is 0 Å². The molecule has 1 atom stereocenters. The average Bonchev–Trinajstić information content (AvgIpc) is 3.06. The quantitative estimate of drug-likeness (QED) is 0.174. The maximum absolute atomic E-state index is 14.5. The Morgan fingerprint density at radius 2 is 1.67 bits per heavy atom. The van der Waals surface area contributed by atoms with Crippen molar-refractivity contribution in [3.63, 3.8) is 0 Å². The Hall–Kier alpha value is -2.92. The Morgan fingerprint density at radius 1 is 0.978 bits per heavy atom. The Kier molecular flexibility index (Phi) is 13.1. The zero-order valence-corrected chi connectivity index (χ0v) is 29.5. The number of carbonyl (C=O) groups is 2. The number of ether oxygens (including phenoxy) is 1. The molecule has 0 spiro atoms. The van der Waals surface area contributed by atoms with Gasteiger partial charge < -0.3 is 15.0 Å². The van der Waals surface area contributed by atoms with E-state index >= 15 is 0 Å². The molecule has 0 aliphatic heterocycles. The van der Waals surface area contributed by atoms with Crippen molar-refractivity contribution in [2.75, 3.05) is 23.7 Å². The zero-order chi connectivity index (χ0) is 33.3. The van der Waals surface area contributed by atoms with Gasteiger partial charge in [-0.15, -0.1) is 11.8 Å². The van der Waals surface area contributed by atoms with Crippen LogP contribution in [-0.4, -0.2) is 56.6 Å². The molecule has 3 aromatic rings. The Balaban J connectivity index is 1.76. The molecule has 12 heteroatoms. The van der Waals surface area contributed by atoms with Gasteiger partial charge in [-0.3, -0.25) is 13.9 Å².